The van der Waals surface area contributed by atoms with Crippen molar-refractivity contribution in [3.8, 4) is 0 Å². The number of urea groups is 1. The van der Waals surface area contributed by atoms with Gasteiger partial charge >= 0.3 is 6.03 Å². The second-order valence-corrected chi connectivity index (χ2v) is 9.98. The molecule has 0 atom stereocenters. The van der Waals surface area contributed by atoms with Crippen molar-refractivity contribution in [1.82, 2.24) is 14.8 Å². The molecule has 0 radical (unpaired) electrons. The molecule has 2 aliphatic carbocycles. The lowest BCUT2D eigenvalue weighted by Crippen LogP contribution is -2.50. The molecule has 7 heteroatoms. The first-order valence-corrected chi connectivity index (χ1v) is 12.3. The molecule has 3 fully saturated rings. The van der Waals surface area contributed by atoms with Gasteiger partial charge in [0.15, 0.2) is 5.13 Å². The summed E-state index contributed by atoms with van der Waals surface area (Å²) in [4.78, 5) is 34.8. The summed E-state index contributed by atoms with van der Waals surface area (Å²) >= 11 is 1.57. The van der Waals surface area contributed by atoms with Crippen molar-refractivity contribution in [2.75, 3.05) is 18.4 Å². The van der Waals surface area contributed by atoms with E-state index in [-0.39, 0.29) is 6.03 Å². The van der Waals surface area contributed by atoms with E-state index >= 15 is 0 Å². The highest BCUT2D eigenvalue weighted by atomic mass is 32.1. The van der Waals surface area contributed by atoms with E-state index in [0.717, 1.165) is 50.2 Å². The lowest BCUT2D eigenvalue weighted by Gasteiger charge is -2.41. The van der Waals surface area contributed by atoms with Gasteiger partial charge in [0.2, 0.25) is 0 Å². The van der Waals surface area contributed by atoms with Crippen LogP contribution in [0.4, 0.5) is 9.93 Å². The molecule has 2 saturated carbocycles. The standard InChI is InChI=1S/C22H34N4O2S/c27-19-11-13-25(14-12-19)16-20-15-23-21(29-20)24-22(28)26(17-7-3-1-4-8-17)18-9-5-2-6-10-18/h15,17-18H,1-14,16H2,(H,23,24,28). The molecule has 2 heterocycles. The summed E-state index contributed by atoms with van der Waals surface area (Å²) in [5.74, 6) is 0.365. The second kappa shape index (κ2) is 10.0. The van der Waals surface area contributed by atoms with E-state index in [1.54, 1.807) is 11.3 Å². The lowest BCUT2D eigenvalue weighted by molar-refractivity contribution is -0.121. The van der Waals surface area contributed by atoms with E-state index in [1.165, 1.54) is 38.5 Å². The molecule has 0 bridgehead atoms. The van der Waals surface area contributed by atoms with Crippen LogP contribution in [0.3, 0.4) is 0 Å². The first-order valence-electron chi connectivity index (χ1n) is 11.5. The number of nitrogens with zero attached hydrogens (tertiary/aromatic N) is 3. The summed E-state index contributed by atoms with van der Waals surface area (Å²) in [5, 5.41) is 3.83. The fraction of sp³-hybridized carbons (Fsp3) is 0.773. The molecular formula is C22H34N4O2S. The average Bonchev–Trinajstić information content (AvgIpc) is 3.18. The van der Waals surface area contributed by atoms with Crippen molar-refractivity contribution in [1.29, 1.82) is 0 Å². The van der Waals surface area contributed by atoms with E-state index in [1.807, 2.05) is 6.20 Å². The lowest BCUT2D eigenvalue weighted by atomic mass is 9.89. The third-order valence-corrected chi connectivity index (χ3v) is 7.63. The molecule has 0 spiro atoms. The van der Waals surface area contributed by atoms with Crippen molar-refractivity contribution in [3.05, 3.63) is 11.1 Å². The van der Waals surface area contributed by atoms with Gasteiger partial charge in [0, 0.05) is 55.6 Å². The zero-order chi connectivity index (χ0) is 20.1. The van der Waals surface area contributed by atoms with E-state index < -0.39 is 0 Å². The van der Waals surface area contributed by atoms with Crippen molar-refractivity contribution in [2.45, 2.75) is 95.7 Å². The quantitative estimate of drug-likeness (QED) is 0.745. The van der Waals surface area contributed by atoms with Crippen LogP contribution >= 0.6 is 11.3 Å². The first kappa shape index (κ1) is 20.8. The summed E-state index contributed by atoms with van der Waals surface area (Å²) in [6.45, 7) is 2.47. The van der Waals surface area contributed by atoms with Crippen molar-refractivity contribution >= 4 is 28.3 Å². The molecule has 160 valence electrons. The van der Waals surface area contributed by atoms with Gasteiger partial charge in [-0.3, -0.25) is 15.0 Å². The smallest absolute Gasteiger partial charge is 0.319 e. The minimum atomic E-state index is 0.0493. The summed E-state index contributed by atoms with van der Waals surface area (Å²) in [6.07, 6.45) is 15.3. The van der Waals surface area contributed by atoms with Crippen LogP contribution in [0.1, 0.15) is 81.9 Å². The van der Waals surface area contributed by atoms with Crippen LogP contribution in [0.5, 0.6) is 0 Å². The van der Waals surface area contributed by atoms with Crippen LogP contribution in [-0.4, -0.2) is 51.8 Å². The van der Waals surface area contributed by atoms with Crippen LogP contribution in [0.25, 0.3) is 0 Å². The number of aromatic nitrogens is 1. The highest BCUT2D eigenvalue weighted by molar-refractivity contribution is 7.15. The number of ketones is 1. The molecule has 0 unspecified atom stereocenters. The Morgan fingerprint density at radius 3 is 2.21 bits per heavy atom. The molecule has 2 amide bonds. The Bertz CT molecular complexity index is 667. The maximum absolute atomic E-state index is 13.3. The number of likely N-dealkylation sites (tertiary alicyclic amines) is 1. The zero-order valence-corrected chi connectivity index (χ0v) is 18.2. The number of thiazole rings is 1. The number of nitrogens with one attached hydrogen (secondary N) is 1. The number of rotatable bonds is 5. The summed E-state index contributed by atoms with van der Waals surface area (Å²) in [7, 11) is 0. The van der Waals surface area contributed by atoms with Gasteiger partial charge in [0.05, 0.1) is 0 Å². The summed E-state index contributed by atoms with van der Waals surface area (Å²) in [6, 6.07) is 0.822. The predicted octanol–water partition coefficient (Wildman–Crippen LogP) is 4.81. The number of carbonyl (C=O) groups is 2. The Balaban J connectivity index is 1.37. The molecule has 4 rings (SSSR count). The van der Waals surface area contributed by atoms with Crippen LogP contribution in [0.2, 0.25) is 0 Å². The average molecular weight is 419 g/mol. The molecular weight excluding hydrogens is 384 g/mol. The van der Waals surface area contributed by atoms with Gasteiger partial charge in [-0.1, -0.05) is 38.5 Å². The fourth-order valence-electron chi connectivity index (χ4n) is 5.12. The van der Waals surface area contributed by atoms with Crippen molar-refractivity contribution in [2.24, 2.45) is 0 Å². The molecule has 1 saturated heterocycles. The Morgan fingerprint density at radius 2 is 1.62 bits per heavy atom. The highest BCUT2D eigenvalue weighted by Gasteiger charge is 2.32. The number of hydrogen-bond acceptors (Lipinski definition) is 5. The van der Waals surface area contributed by atoms with E-state index in [4.69, 9.17) is 0 Å². The Morgan fingerprint density at radius 1 is 1.03 bits per heavy atom. The number of amides is 2. The van der Waals surface area contributed by atoms with Gasteiger partial charge in [-0.05, 0) is 25.7 Å². The number of hydrogen-bond donors (Lipinski definition) is 1. The van der Waals surface area contributed by atoms with Gasteiger partial charge in [-0.15, -0.1) is 11.3 Å². The molecule has 1 N–H and O–H groups in total. The monoisotopic (exact) mass is 418 g/mol. The number of Topliss-reactive ketones (excluding diaryl/α,β-unsaturated/α-hetero) is 1. The van der Waals surface area contributed by atoms with Gasteiger partial charge in [0.1, 0.15) is 5.78 Å². The molecule has 3 aliphatic rings. The SMILES string of the molecule is O=C1CCN(Cc2cnc(NC(=O)N(C3CCCCC3)C3CCCCC3)s2)CC1. The minimum absolute atomic E-state index is 0.0493. The van der Waals surface area contributed by atoms with Crippen molar-refractivity contribution in [3.63, 3.8) is 0 Å². The highest BCUT2D eigenvalue weighted by Crippen LogP contribution is 2.31. The van der Waals surface area contributed by atoms with Gasteiger partial charge in [-0.2, -0.15) is 0 Å². The van der Waals surface area contributed by atoms with Crippen LogP contribution < -0.4 is 5.32 Å². The van der Waals surface area contributed by atoms with Crippen molar-refractivity contribution < 1.29 is 9.59 Å². The largest absolute Gasteiger partial charge is 0.324 e. The third-order valence-electron chi connectivity index (χ3n) is 6.73. The minimum Gasteiger partial charge on any atom is -0.319 e. The molecule has 29 heavy (non-hydrogen) atoms. The normalized spacial score (nSPS) is 22.6. The van der Waals surface area contributed by atoms with Crippen LogP contribution in [0.15, 0.2) is 6.20 Å². The maximum atomic E-state index is 13.3. The van der Waals surface area contributed by atoms with E-state index in [9.17, 15) is 9.59 Å². The molecule has 1 aromatic rings. The Labute approximate surface area is 178 Å². The summed E-state index contributed by atoms with van der Waals surface area (Å²) < 4.78 is 0. The van der Waals surface area contributed by atoms with E-state index in [0.29, 0.717) is 35.8 Å². The second-order valence-electron chi connectivity index (χ2n) is 8.87. The Hall–Kier alpha value is -1.47. The van der Waals surface area contributed by atoms with Crippen LogP contribution in [-0.2, 0) is 11.3 Å². The summed E-state index contributed by atoms with van der Waals surface area (Å²) in [5.41, 5.74) is 0. The first-order chi connectivity index (χ1) is 14.2. The number of anilines is 1. The number of carbonyl (C=O) groups excluding carboxylic acids is 2. The van der Waals surface area contributed by atoms with Gasteiger partial charge in [-0.25, -0.2) is 9.78 Å². The zero-order valence-electron chi connectivity index (χ0n) is 17.4. The van der Waals surface area contributed by atoms with E-state index in [2.05, 4.69) is 20.1 Å². The third kappa shape index (κ3) is 5.57. The fourth-order valence-corrected chi connectivity index (χ4v) is 5.97. The molecule has 1 aromatic heterocycles. The predicted molar refractivity (Wildman–Crippen MR) is 116 cm³/mol. The number of piperidine rings is 1. The molecule has 6 nitrogen and oxygen atoms in total. The van der Waals surface area contributed by atoms with Gasteiger partial charge < -0.3 is 4.90 Å². The van der Waals surface area contributed by atoms with Gasteiger partial charge in [0.25, 0.3) is 0 Å². The van der Waals surface area contributed by atoms with Crippen LogP contribution in [0, 0.1) is 0 Å². The maximum Gasteiger partial charge on any atom is 0.324 e. The molecule has 1 aliphatic heterocycles. The topological polar surface area (TPSA) is 65.5 Å². The Kier molecular flexibility index (Phi) is 7.19. The molecule has 0 aromatic carbocycles.